The van der Waals surface area contributed by atoms with Crippen molar-refractivity contribution in [1.82, 2.24) is 5.32 Å². The monoisotopic (exact) mass is 317 g/mol. The Morgan fingerprint density at radius 2 is 1.67 bits per heavy atom. The zero-order valence-electron chi connectivity index (χ0n) is 12.0. The van der Waals surface area contributed by atoms with Gasteiger partial charge in [0.15, 0.2) is 0 Å². The number of hydrogen-bond acceptors (Lipinski definition) is 2. The minimum absolute atomic E-state index is 0.665. The van der Waals surface area contributed by atoms with E-state index >= 15 is 0 Å². The minimum atomic E-state index is 0.665. The van der Waals surface area contributed by atoms with Crippen molar-refractivity contribution in [2.24, 2.45) is 11.8 Å². The van der Waals surface area contributed by atoms with Crippen LogP contribution in [0.1, 0.15) is 28.8 Å². The minimum Gasteiger partial charge on any atom is -0.309 e. The van der Waals surface area contributed by atoms with E-state index in [1.807, 2.05) is 6.07 Å². The summed E-state index contributed by atoms with van der Waals surface area (Å²) in [5.41, 5.74) is 3.16. The zero-order chi connectivity index (χ0) is 14.2. The average molecular weight is 318 g/mol. The standard InChI is InChI=1S/C18H20ClNS/c19-17-8-7-16(21-17)11-20-18-14-5-6-15(18)10-13-4-2-1-3-12(13)9-14/h1-4,7-8,14-15,18,20H,5-6,9-11H2. The number of hydrogen-bond donors (Lipinski definition) is 1. The fourth-order valence-corrected chi connectivity index (χ4v) is 5.19. The van der Waals surface area contributed by atoms with Gasteiger partial charge in [0.25, 0.3) is 0 Å². The second-order valence-electron chi connectivity index (χ2n) is 6.39. The Hall–Kier alpha value is -0.830. The summed E-state index contributed by atoms with van der Waals surface area (Å²) in [5, 5.41) is 3.84. The van der Waals surface area contributed by atoms with Gasteiger partial charge >= 0.3 is 0 Å². The van der Waals surface area contributed by atoms with Crippen LogP contribution in [0.2, 0.25) is 4.34 Å². The summed E-state index contributed by atoms with van der Waals surface area (Å²) < 4.78 is 0.892. The highest BCUT2D eigenvalue weighted by molar-refractivity contribution is 7.16. The van der Waals surface area contributed by atoms with Crippen LogP contribution in [0.5, 0.6) is 0 Å². The fourth-order valence-electron chi connectivity index (χ4n) is 4.15. The Kier molecular flexibility index (Phi) is 3.78. The molecule has 1 heterocycles. The molecule has 110 valence electrons. The summed E-state index contributed by atoms with van der Waals surface area (Å²) in [6.45, 7) is 0.964. The first-order valence-electron chi connectivity index (χ1n) is 7.84. The quantitative estimate of drug-likeness (QED) is 0.866. The lowest BCUT2D eigenvalue weighted by Gasteiger charge is -2.23. The van der Waals surface area contributed by atoms with Crippen LogP contribution in [0, 0.1) is 11.8 Å². The predicted molar refractivity (Wildman–Crippen MR) is 90.0 cm³/mol. The number of halogens is 1. The van der Waals surface area contributed by atoms with Gasteiger partial charge in [-0.05, 0) is 60.8 Å². The van der Waals surface area contributed by atoms with Crippen molar-refractivity contribution in [3.63, 3.8) is 0 Å². The highest BCUT2D eigenvalue weighted by atomic mass is 35.5. The van der Waals surface area contributed by atoms with E-state index in [4.69, 9.17) is 11.6 Å². The summed E-state index contributed by atoms with van der Waals surface area (Å²) in [5.74, 6) is 1.60. The van der Waals surface area contributed by atoms with Crippen LogP contribution >= 0.6 is 22.9 Å². The van der Waals surface area contributed by atoms with Gasteiger partial charge in [-0.1, -0.05) is 35.9 Å². The lowest BCUT2D eigenvalue weighted by molar-refractivity contribution is 0.341. The molecule has 0 spiro atoms. The molecule has 2 unspecified atom stereocenters. The van der Waals surface area contributed by atoms with E-state index in [0.29, 0.717) is 6.04 Å². The van der Waals surface area contributed by atoms with Crippen molar-refractivity contribution in [2.45, 2.75) is 38.3 Å². The van der Waals surface area contributed by atoms with E-state index in [1.165, 1.54) is 30.6 Å². The van der Waals surface area contributed by atoms with Crippen molar-refractivity contribution in [1.29, 1.82) is 0 Å². The van der Waals surface area contributed by atoms with E-state index in [9.17, 15) is 0 Å². The molecule has 2 atom stereocenters. The van der Waals surface area contributed by atoms with Crippen LogP contribution < -0.4 is 5.32 Å². The van der Waals surface area contributed by atoms with Gasteiger partial charge < -0.3 is 5.32 Å². The van der Waals surface area contributed by atoms with Crippen LogP contribution in [0.25, 0.3) is 0 Å². The molecule has 1 fully saturated rings. The SMILES string of the molecule is Clc1ccc(CNC2C3CCC2Cc2ccccc2C3)s1. The maximum atomic E-state index is 6.03. The molecule has 1 aromatic carbocycles. The van der Waals surface area contributed by atoms with Gasteiger partial charge in [-0.25, -0.2) is 0 Å². The average Bonchev–Trinajstić information content (AvgIpc) is 2.99. The molecule has 0 aliphatic heterocycles. The number of nitrogens with one attached hydrogen (secondary N) is 1. The first kappa shape index (κ1) is 13.8. The van der Waals surface area contributed by atoms with Crippen LogP contribution in [0.4, 0.5) is 0 Å². The molecule has 1 saturated carbocycles. The molecular weight excluding hydrogens is 298 g/mol. The van der Waals surface area contributed by atoms with Crippen molar-refractivity contribution < 1.29 is 0 Å². The lowest BCUT2D eigenvalue weighted by atomic mass is 9.94. The maximum Gasteiger partial charge on any atom is 0.0931 e. The number of thiophene rings is 1. The molecule has 0 saturated heterocycles. The molecule has 2 aliphatic rings. The third-order valence-electron chi connectivity index (χ3n) is 5.15. The third kappa shape index (κ3) is 2.77. The summed E-state index contributed by atoms with van der Waals surface area (Å²) >= 11 is 7.72. The van der Waals surface area contributed by atoms with E-state index in [2.05, 4.69) is 35.6 Å². The van der Waals surface area contributed by atoms with E-state index in [0.717, 1.165) is 22.7 Å². The molecule has 1 aromatic heterocycles. The molecule has 0 amide bonds. The third-order valence-corrected chi connectivity index (χ3v) is 6.38. The summed E-state index contributed by atoms with van der Waals surface area (Å²) in [4.78, 5) is 1.35. The van der Waals surface area contributed by atoms with Crippen molar-refractivity contribution in [3.05, 3.63) is 56.7 Å². The summed E-state index contributed by atoms with van der Waals surface area (Å²) in [6.07, 6.45) is 5.24. The van der Waals surface area contributed by atoms with E-state index in [-0.39, 0.29) is 0 Å². The fraction of sp³-hybridized carbons (Fsp3) is 0.444. The molecule has 21 heavy (non-hydrogen) atoms. The Labute approximate surface area is 135 Å². The Morgan fingerprint density at radius 1 is 1.00 bits per heavy atom. The maximum absolute atomic E-state index is 6.03. The largest absolute Gasteiger partial charge is 0.309 e. The van der Waals surface area contributed by atoms with Crippen molar-refractivity contribution >= 4 is 22.9 Å². The van der Waals surface area contributed by atoms with Crippen LogP contribution in [-0.4, -0.2) is 6.04 Å². The molecule has 1 N–H and O–H groups in total. The van der Waals surface area contributed by atoms with Gasteiger partial charge in [0.1, 0.15) is 0 Å². The number of benzene rings is 1. The van der Waals surface area contributed by atoms with Gasteiger partial charge in [0, 0.05) is 17.5 Å². The van der Waals surface area contributed by atoms with Crippen LogP contribution in [0.3, 0.4) is 0 Å². The Balaban J connectivity index is 1.50. The van der Waals surface area contributed by atoms with Gasteiger partial charge in [-0.2, -0.15) is 0 Å². The van der Waals surface area contributed by atoms with Gasteiger partial charge in [0.2, 0.25) is 0 Å². The van der Waals surface area contributed by atoms with E-state index in [1.54, 1.807) is 22.5 Å². The smallest absolute Gasteiger partial charge is 0.0931 e. The predicted octanol–water partition coefficient (Wildman–Crippen LogP) is 4.68. The molecule has 0 radical (unpaired) electrons. The van der Waals surface area contributed by atoms with Crippen molar-refractivity contribution in [2.75, 3.05) is 0 Å². The topological polar surface area (TPSA) is 12.0 Å². The Bertz CT molecular complexity index is 603. The molecule has 2 aromatic rings. The normalized spacial score (nSPS) is 27.4. The van der Waals surface area contributed by atoms with E-state index < -0.39 is 0 Å². The second-order valence-corrected chi connectivity index (χ2v) is 8.19. The van der Waals surface area contributed by atoms with Crippen LogP contribution in [0.15, 0.2) is 36.4 Å². The number of fused-ring (bicyclic) bond motifs is 3. The van der Waals surface area contributed by atoms with Crippen LogP contribution in [-0.2, 0) is 19.4 Å². The molecule has 2 aliphatic carbocycles. The Morgan fingerprint density at radius 3 is 2.24 bits per heavy atom. The zero-order valence-corrected chi connectivity index (χ0v) is 13.6. The molecule has 3 heteroatoms. The van der Waals surface area contributed by atoms with Gasteiger partial charge in [-0.3, -0.25) is 0 Å². The number of rotatable bonds is 3. The highest BCUT2D eigenvalue weighted by Crippen LogP contribution is 2.40. The lowest BCUT2D eigenvalue weighted by Crippen LogP contribution is -2.37. The highest BCUT2D eigenvalue weighted by Gasteiger charge is 2.38. The second kappa shape index (κ2) is 5.75. The first-order chi connectivity index (χ1) is 10.3. The molecule has 2 bridgehead atoms. The summed E-state index contributed by atoms with van der Waals surface area (Å²) in [7, 11) is 0. The van der Waals surface area contributed by atoms with Crippen molar-refractivity contribution in [3.8, 4) is 0 Å². The summed E-state index contributed by atoms with van der Waals surface area (Å²) in [6, 6.07) is 13.8. The first-order valence-corrected chi connectivity index (χ1v) is 9.03. The molecular formula is C18H20ClNS. The molecule has 4 rings (SSSR count). The van der Waals surface area contributed by atoms with Gasteiger partial charge in [0.05, 0.1) is 4.34 Å². The van der Waals surface area contributed by atoms with Gasteiger partial charge in [-0.15, -0.1) is 11.3 Å². The molecule has 1 nitrogen and oxygen atoms in total.